The average Bonchev–Trinajstić information content (AvgIpc) is 2.58. The Morgan fingerprint density at radius 3 is 2.67 bits per heavy atom. The van der Waals surface area contributed by atoms with Gasteiger partial charge in [-0.25, -0.2) is 4.98 Å². The number of aromatic nitrogens is 3. The van der Waals surface area contributed by atoms with Crippen LogP contribution in [0.4, 0.5) is 0 Å². The molecule has 2 aromatic rings. The second-order valence-corrected chi connectivity index (χ2v) is 4.65. The first kappa shape index (κ1) is 13.2. The van der Waals surface area contributed by atoms with E-state index in [4.69, 9.17) is 27.9 Å². The standard InChI is InChI=1S/C12H13Cl2N3O/c1-7-12(8(2)17(3)16-7)18-11-4-9(5-13)10(14)6-15-11/h4,6H,5H2,1-3H3. The predicted octanol–water partition coefficient (Wildman–Crippen LogP) is 3.62. The minimum absolute atomic E-state index is 0.322. The van der Waals surface area contributed by atoms with Gasteiger partial charge in [-0.15, -0.1) is 11.6 Å². The van der Waals surface area contributed by atoms with Crippen molar-refractivity contribution in [2.75, 3.05) is 0 Å². The summed E-state index contributed by atoms with van der Waals surface area (Å²) in [5, 5.41) is 4.82. The van der Waals surface area contributed by atoms with Crippen LogP contribution in [0.15, 0.2) is 12.3 Å². The molecule has 0 radical (unpaired) electrons. The molecule has 0 aromatic carbocycles. The van der Waals surface area contributed by atoms with Crippen LogP contribution in [0, 0.1) is 13.8 Å². The number of hydrogen-bond acceptors (Lipinski definition) is 3. The molecule has 0 atom stereocenters. The van der Waals surface area contributed by atoms with E-state index in [0.717, 1.165) is 17.0 Å². The molecule has 18 heavy (non-hydrogen) atoms. The minimum Gasteiger partial charge on any atom is -0.435 e. The van der Waals surface area contributed by atoms with E-state index in [1.165, 1.54) is 6.20 Å². The second-order valence-electron chi connectivity index (χ2n) is 3.97. The number of alkyl halides is 1. The van der Waals surface area contributed by atoms with Gasteiger partial charge in [0.1, 0.15) is 5.69 Å². The van der Waals surface area contributed by atoms with E-state index in [9.17, 15) is 0 Å². The number of rotatable bonds is 3. The molecule has 0 fully saturated rings. The van der Waals surface area contributed by atoms with Crippen LogP contribution in [0.2, 0.25) is 5.02 Å². The van der Waals surface area contributed by atoms with Crippen molar-refractivity contribution < 1.29 is 4.74 Å². The molecule has 6 heteroatoms. The molecule has 0 aliphatic rings. The first-order valence-electron chi connectivity index (χ1n) is 5.41. The summed E-state index contributed by atoms with van der Waals surface area (Å²) in [4.78, 5) is 4.12. The molecule has 0 aliphatic carbocycles. The van der Waals surface area contributed by atoms with E-state index in [1.807, 2.05) is 20.9 Å². The van der Waals surface area contributed by atoms with Crippen molar-refractivity contribution in [3.8, 4) is 11.6 Å². The summed E-state index contributed by atoms with van der Waals surface area (Å²) < 4.78 is 7.51. The van der Waals surface area contributed by atoms with E-state index in [0.29, 0.717) is 22.5 Å². The Bertz CT molecular complexity index is 581. The first-order chi connectivity index (χ1) is 8.52. The van der Waals surface area contributed by atoms with Crippen molar-refractivity contribution in [3.63, 3.8) is 0 Å². The van der Waals surface area contributed by atoms with Crippen molar-refractivity contribution in [1.29, 1.82) is 0 Å². The third kappa shape index (κ3) is 2.44. The second kappa shape index (κ2) is 5.16. The Kier molecular flexibility index (Phi) is 3.78. The maximum atomic E-state index is 5.95. The van der Waals surface area contributed by atoms with Gasteiger partial charge < -0.3 is 4.74 Å². The third-order valence-corrected chi connectivity index (χ3v) is 3.33. The fraction of sp³-hybridized carbons (Fsp3) is 0.333. The molecule has 0 unspecified atom stereocenters. The molecule has 0 saturated heterocycles. The van der Waals surface area contributed by atoms with Crippen LogP contribution in [-0.4, -0.2) is 14.8 Å². The number of halogens is 2. The zero-order valence-corrected chi connectivity index (χ0v) is 11.9. The molecule has 2 rings (SSSR count). The molecule has 2 heterocycles. The quantitative estimate of drug-likeness (QED) is 0.809. The van der Waals surface area contributed by atoms with Gasteiger partial charge in [-0.3, -0.25) is 4.68 Å². The molecule has 0 amide bonds. The van der Waals surface area contributed by atoms with Gasteiger partial charge in [-0.2, -0.15) is 5.10 Å². The van der Waals surface area contributed by atoms with Gasteiger partial charge in [-0.1, -0.05) is 11.6 Å². The van der Waals surface area contributed by atoms with Gasteiger partial charge in [0.2, 0.25) is 5.88 Å². The highest BCUT2D eigenvalue weighted by Crippen LogP contribution is 2.29. The van der Waals surface area contributed by atoms with E-state index in [2.05, 4.69) is 10.1 Å². The Labute approximate surface area is 115 Å². The smallest absolute Gasteiger partial charge is 0.219 e. The normalized spacial score (nSPS) is 10.7. The zero-order valence-electron chi connectivity index (χ0n) is 10.4. The van der Waals surface area contributed by atoms with Gasteiger partial charge in [0.25, 0.3) is 0 Å². The Morgan fingerprint density at radius 1 is 1.39 bits per heavy atom. The van der Waals surface area contributed by atoms with Crippen molar-refractivity contribution >= 4 is 23.2 Å². The largest absolute Gasteiger partial charge is 0.435 e. The first-order valence-corrected chi connectivity index (χ1v) is 6.32. The average molecular weight is 286 g/mol. The third-order valence-electron chi connectivity index (χ3n) is 2.70. The van der Waals surface area contributed by atoms with Gasteiger partial charge in [0.05, 0.1) is 10.7 Å². The van der Waals surface area contributed by atoms with Crippen LogP contribution in [-0.2, 0) is 12.9 Å². The van der Waals surface area contributed by atoms with E-state index < -0.39 is 0 Å². The lowest BCUT2D eigenvalue weighted by Crippen LogP contribution is -1.94. The van der Waals surface area contributed by atoms with Crippen LogP contribution >= 0.6 is 23.2 Å². The van der Waals surface area contributed by atoms with E-state index in [1.54, 1.807) is 10.7 Å². The molecule has 96 valence electrons. The molecular weight excluding hydrogens is 273 g/mol. The lowest BCUT2D eigenvalue weighted by molar-refractivity contribution is 0.454. The fourth-order valence-corrected chi connectivity index (χ4v) is 2.08. The summed E-state index contributed by atoms with van der Waals surface area (Å²) in [7, 11) is 1.87. The molecular formula is C12H13Cl2N3O. The van der Waals surface area contributed by atoms with Crippen LogP contribution in [0.3, 0.4) is 0 Å². The fourth-order valence-electron chi connectivity index (χ4n) is 1.62. The number of pyridine rings is 1. The summed E-state index contributed by atoms with van der Waals surface area (Å²) in [6.07, 6.45) is 1.54. The number of aryl methyl sites for hydroxylation is 2. The summed E-state index contributed by atoms with van der Waals surface area (Å²) >= 11 is 11.7. The molecule has 0 spiro atoms. The van der Waals surface area contributed by atoms with Crippen LogP contribution in [0.1, 0.15) is 17.0 Å². The van der Waals surface area contributed by atoms with Gasteiger partial charge >= 0.3 is 0 Å². The summed E-state index contributed by atoms with van der Waals surface area (Å²) in [5.74, 6) is 1.50. The lowest BCUT2D eigenvalue weighted by Gasteiger charge is -2.07. The Morgan fingerprint density at radius 2 is 2.11 bits per heavy atom. The zero-order chi connectivity index (χ0) is 13.3. The molecule has 2 aromatic heterocycles. The lowest BCUT2D eigenvalue weighted by atomic mass is 10.3. The number of hydrogen-bond donors (Lipinski definition) is 0. The Balaban J connectivity index is 2.34. The Hall–Kier alpha value is -1.26. The number of ether oxygens (including phenoxy) is 1. The highest BCUT2D eigenvalue weighted by atomic mass is 35.5. The summed E-state index contributed by atoms with van der Waals surface area (Å²) in [6.45, 7) is 3.83. The highest BCUT2D eigenvalue weighted by molar-refractivity contribution is 6.32. The summed E-state index contributed by atoms with van der Waals surface area (Å²) in [6, 6.07) is 1.74. The molecule has 0 bridgehead atoms. The predicted molar refractivity (Wildman–Crippen MR) is 71.6 cm³/mol. The van der Waals surface area contributed by atoms with Crippen LogP contribution < -0.4 is 4.74 Å². The molecule has 0 N–H and O–H groups in total. The number of nitrogens with zero attached hydrogens (tertiary/aromatic N) is 3. The monoisotopic (exact) mass is 285 g/mol. The highest BCUT2D eigenvalue weighted by Gasteiger charge is 2.13. The van der Waals surface area contributed by atoms with Crippen LogP contribution in [0.25, 0.3) is 0 Å². The minimum atomic E-state index is 0.322. The van der Waals surface area contributed by atoms with Crippen molar-refractivity contribution in [3.05, 3.63) is 34.2 Å². The SMILES string of the molecule is Cc1nn(C)c(C)c1Oc1cc(CCl)c(Cl)cn1. The molecule has 4 nitrogen and oxygen atoms in total. The topological polar surface area (TPSA) is 39.9 Å². The maximum Gasteiger partial charge on any atom is 0.219 e. The van der Waals surface area contributed by atoms with Crippen molar-refractivity contribution in [2.24, 2.45) is 7.05 Å². The van der Waals surface area contributed by atoms with Gasteiger partial charge in [0.15, 0.2) is 5.75 Å². The molecule has 0 aliphatic heterocycles. The molecule has 0 saturated carbocycles. The van der Waals surface area contributed by atoms with Crippen molar-refractivity contribution in [1.82, 2.24) is 14.8 Å². The van der Waals surface area contributed by atoms with Gasteiger partial charge in [-0.05, 0) is 19.4 Å². The maximum absolute atomic E-state index is 5.95. The summed E-state index contributed by atoms with van der Waals surface area (Å²) in [5.41, 5.74) is 2.55. The van der Waals surface area contributed by atoms with E-state index >= 15 is 0 Å². The van der Waals surface area contributed by atoms with Crippen LogP contribution in [0.5, 0.6) is 11.6 Å². The van der Waals surface area contributed by atoms with Gasteiger partial charge in [0, 0.05) is 25.2 Å². The van der Waals surface area contributed by atoms with Crippen molar-refractivity contribution in [2.45, 2.75) is 19.7 Å². The van der Waals surface area contributed by atoms with E-state index in [-0.39, 0.29) is 0 Å².